The summed E-state index contributed by atoms with van der Waals surface area (Å²) in [5, 5.41) is 12.9. The number of hydrogen-bond donors (Lipinski definition) is 2. The molecule has 1 aromatic rings. The summed E-state index contributed by atoms with van der Waals surface area (Å²) in [6.45, 7) is 0. The number of nitrogens with one attached hydrogen (secondary N) is 1. The Bertz CT molecular complexity index is 470. The first kappa shape index (κ1) is 14.0. The van der Waals surface area contributed by atoms with Gasteiger partial charge in [-0.15, -0.1) is 0 Å². The van der Waals surface area contributed by atoms with Gasteiger partial charge < -0.3 is 15.2 Å². The second-order valence-corrected chi connectivity index (χ2v) is 5.22. The van der Waals surface area contributed by atoms with Crippen molar-refractivity contribution in [2.75, 3.05) is 12.4 Å². The Morgan fingerprint density at radius 2 is 2.05 bits per heavy atom. The first-order valence-corrected chi connectivity index (χ1v) is 6.87. The molecule has 1 saturated carbocycles. The summed E-state index contributed by atoms with van der Waals surface area (Å²) < 4.78 is 5.11. The molecule has 0 saturated heterocycles. The van der Waals surface area contributed by atoms with E-state index < -0.39 is 5.97 Å². The molecule has 0 amide bonds. The highest BCUT2D eigenvalue weighted by atomic mass is 35.5. The number of aromatic carboxylic acids is 1. The molecule has 0 aliphatic heterocycles. The maximum atomic E-state index is 11.1. The molecular formula is C14H18ClNO3. The Hall–Kier alpha value is -1.42. The van der Waals surface area contributed by atoms with Crippen LogP contribution in [-0.4, -0.2) is 24.2 Å². The van der Waals surface area contributed by atoms with E-state index in [1.807, 2.05) is 0 Å². The molecule has 1 fully saturated rings. The lowest BCUT2D eigenvalue weighted by Crippen LogP contribution is -2.22. The minimum Gasteiger partial charge on any atom is -0.496 e. The molecule has 0 heterocycles. The molecular weight excluding hydrogens is 266 g/mol. The zero-order valence-electron chi connectivity index (χ0n) is 10.9. The molecule has 1 aromatic carbocycles. The van der Waals surface area contributed by atoms with E-state index in [9.17, 15) is 4.79 Å². The monoisotopic (exact) mass is 283 g/mol. The van der Waals surface area contributed by atoms with Crippen LogP contribution in [0.3, 0.4) is 0 Å². The SMILES string of the molecule is COc1cc(NC2CCCCC2)c(Cl)cc1C(=O)O. The van der Waals surface area contributed by atoms with Crippen LogP contribution >= 0.6 is 11.6 Å². The fourth-order valence-electron chi connectivity index (χ4n) is 2.47. The first-order chi connectivity index (χ1) is 9.11. The summed E-state index contributed by atoms with van der Waals surface area (Å²) in [5.74, 6) is -0.710. The predicted octanol–water partition coefficient (Wildman–Crippen LogP) is 3.79. The fraction of sp³-hybridized carbons (Fsp3) is 0.500. The van der Waals surface area contributed by atoms with Gasteiger partial charge in [-0.1, -0.05) is 30.9 Å². The topological polar surface area (TPSA) is 58.6 Å². The highest BCUT2D eigenvalue weighted by molar-refractivity contribution is 6.33. The fourth-order valence-corrected chi connectivity index (χ4v) is 2.69. The standard InChI is InChI=1S/C14H18ClNO3/c1-19-13-8-12(11(15)7-10(13)14(17)18)16-9-5-3-2-4-6-9/h7-9,16H,2-6H2,1H3,(H,17,18). The molecule has 0 bridgehead atoms. The van der Waals surface area contributed by atoms with Crippen LogP contribution in [0.4, 0.5) is 5.69 Å². The summed E-state index contributed by atoms with van der Waals surface area (Å²) >= 11 is 6.14. The van der Waals surface area contributed by atoms with Crippen molar-refractivity contribution in [3.63, 3.8) is 0 Å². The van der Waals surface area contributed by atoms with E-state index >= 15 is 0 Å². The first-order valence-electron chi connectivity index (χ1n) is 6.49. The van der Waals surface area contributed by atoms with Gasteiger partial charge in [0.25, 0.3) is 0 Å². The quantitative estimate of drug-likeness (QED) is 0.882. The maximum absolute atomic E-state index is 11.1. The van der Waals surface area contributed by atoms with Crippen molar-refractivity contribution in [3.05, 3.63) is 22.7 Å². The summed E-state index contributed by atoms with van der Waals surface area (Å²) in [6, 6.07) is 3.51. The number of hydrogen-bond acceptors (Lipinski definition) is 3. The minimum absolute atomic E-state index is 0.0849. The molecule has 2 N–H and O–H groups in total. The van der Waals surface area contributed by atoms with Crippen molar-refractivity contribution in [3.8, 4) is 5.75 Å². The van der Waals surface area contributed by atoms with Crippen molar-refractivity contribution in [2.24, 2.45) is 0 Å². The highest BCUT2D eigenvalue weighted by Crippen LogP contribution is 2.33. The van der Waals surface area contributed by atoms with Gasteiger partial charge in [0.1, 0.15) is 11.3 Å². The lowest BCUT2D eigenvalue weighted by Gasteiger charge is -2.24. The van der Waals surface area contributed by atoms with E-state index in [2.05, 4.69) is 5.32 Å². The normalized spacial score (nSPS) is 16.1. The number of rotatable bonds is 4. The second kappa shape index (κ2) is 6.15. The number of ether oxygens (including phenoxy) is 1. The number of benzene rings is 1. The van der Waals surface area contributed by atoms with Gasteiger partial charge in [-0.05, 0) is 18.9 Å². The Kier molecular flexibility index (Phi) is 4.53. The van der Waals surface area contributed by atoms with Gasteiger partial charge in [-0.2, -0.15) is 0 Å². The average Bonchev–Trinajstić information content (AvgIpc) is 2.41. The van der Waals surface area contributed by atoms with Crippen LogP contribution in [0.15, 0.2) is 12.1 Å². The van der Waals surface area contributed by atoms with Crippen LogP contribution in [0.25, 0.3) is 0 Å². The van der Waals surface area contributed by atoms with Gasteiger partial charge in [0, 0.05) is 12.1 Å². The molecule has 0 spiro atoms. The number of methoxy groups -OCH3 is 1. The van der Waals surface area contributed by atoms with Crippen LogP contribution in [-0.2, 0) is 0 Å². The third-order valence-electron chi connectivity index (χ3n) is 3.48. The smallest absolute Gasteiger partial charge is 0.339 e. The number of carboxylic acids is 1. The predicted molar refractivity (Wildman–Crippen MR) is 75.5 cm³/mol. The summed E-state index contributed by atoms with van der Waals surface area (Å²) in [5.41, 5.74) is 0.831. The van der Waals surface area contributed by atoms with E-state index in [-0.39, 0.29) is 5.56 Å². The average molecular weight is 284 g/mol. The summed E-state index contributed by atoms with van der Waals surface area (Å²) in [4.78, 5) is 11.1. The van der Waals surface area contributed by atoms with E-state index in [1.165, 1.54) is 32.4 Å². The molecule has 0 atom stereocenters. The van der Waals surface area contributed by atoms with Crippen LogP contribution < -0.4 is 10.1 Å². The molecule has 104 valence electrons. The molecule has 4 nitrogen and oxygen atoms in total. The van der Waals surface area contributed by atoms with Crippen molar-refractivity contribution < 1.29 is 14.6 Å². The van der Waals surface area contributed by atoms with E-state index in [0.29, 0.717) is 16.8 Å². The van der Waals surface area contributed by atoms with Crippen LogP contribution in [0.2, 0.25) is 5.02 Å². The Morgan fingerprint density at radius 1 is 1.37 bits per heavy atom. The molecule has 0 radical (unpaired) electrons. The Labute approximate surface area is 117 Å². The Balaban J connectivity index is 2.22. The molecule has 0 aromatic heterocycles. The van der Waals surface area contributed by atoms with Crippen molar-refractivity contribution >= 4 is 23.3 Å². The van der Waals surface area contributed by atoms with E-state index in [0.717, 1.165) is 18.5 Å². The molecule has 1 aliphatic carbocycles. The summed E-state index contributed by atoms with van der Waals surface area (Å²) in [6.07, 6.45) is 5.98. The number of halogens is 1. The number of anilines is 1. The summed E-state index contributed by atoms with van der Waals surface area (Å²) in [7, 11) is 1.46. The van der Waals surface area contributed by atoms with Gasteiger partial charge in [0.05, 0.1) is 17.8 Å². The van der Waals surface area contributed by atoms with Crippen molar-refractivity contribution in [2.45, 2.75) is 38.1 Å². The number of carbonyl (C=O) groups is 1. The largest absolute Gasteiger partial charge is 0.496 e. The van der Waals surface area contributed by atoms with Gasteiger partial charge in [-0.3, -0.25) is 0 Å². The van der Waals surface area contributed by atoms with Crippen LogP contribution in [0.1, 0.15) is 42.5 Å². The maximum Gasteiger partial charge on any atom is 0.339 e. The molecule has 5 heteroatoms. The lowest BCUT2D eigenvalue weighted by atomic mass is 9.95. The van der Waals surface area contributed by atoms with Gasteiger partial charge >= 0.3 is 5.97 Å². The highest BCUT2D eigenvalue weighted by Gasteiger charge is 2.18. The van der Waals surface area contributed by atoms with E-state index in [4.69, 9.17) is 21.4 Å². The van der Waals surface area contributed by atoms with Gasteiger partial charge in [0.15, 0.2) is 0 Å². The van der Waals surface area contributed by atoms with Crippen LogP contribution in [0.5, 0.6) is 5.75 Å². The molecule has 2 rings (SSSR count). The lowest BCUT2D eigenvalue weighted by molar-refractivity contribution is 0.0693. The zero-order chi connectivity index (χ0) is 13.8. The third-order valence-corrected chi connectivity index (χ3v) is 3.80. The zero-order valence-corrected chi connectivity index (χ0v) is 11.7. The third kappa shape index (κ3) is 3.32. The van der Waals surface area contributed by atoms with Crippen LogP contribution in [0, 0.1) is 0 Å². The second-order valence-electron chi connectivity index (χ2n) is 4.82. The van der Waals surface area contributed by atoms with Gasteiger partial charge in [-0.25, -0.2) is 4.79 Å². The van der Waals surface area contributed by atoms with Gasteiger partial charge in [0.2, 0.25) is 0 Å². The minimum atomic E-state index is -1.04. The molecule has 1 aliphatic rings. The molecule has 19 heavy (non-hydrogen) atoms. The van der Waals surface area contributed by atoms with Crippen molar-refractivity contribution in [1.82, 2.24) is 0 Å². The molecule has 0 unspecified atom stereocenters. The van der Waals surface area contributed by atoms with Crippen molar-refractivity contribution in [1.29, 1.82) is 0 Å². The Morgan fingerprint density at radius 3 is 2.63 bits per heavy atom. The van der Waals surface area contributed by atoms with E-state index in [1.54, 1.807) is 6.07 Å². The number of carboxylic acid groups (broad SMARTS) is 1.